The molecule has 2 N–H and O–H groups in total. The van der Waals surface area contributed by atoms with E-state index >= 15 is 0 Å². The van der Waals surface area contributed by atoms with Crippen molar-refractivity contribution in [3.8, 4) is 0 Å². The number of halogens is 1. The smallest absolute Gasteiger partial charge is 0.191 e. The van der Waals surface area contributed by atoms with Crippen LogP contribution in [0.15, 0.2) is 57.7 Å². The highest BCUT2D eigenvalue weighted by Crippen LogP contribution is 2.14. The number of hydrogen-bond donors (Lipinski definition) is 2. The van der Waals surface area contributed by atoms with Crippen LogP contribution in [-0.4, -0.2) is 39.8 Å². The lowest BCUT2D eigenvalue weighted by Crippen LogP contribution is -2.38. The van der Waals surface area contributed by atoms with Crippen LogP contribution in [0.25, 0.3) is 0 Å². The molecule has 0 fully saturated rings. The minimum atomic E-state index is -3.22. The average molecular weight is 536 g/mol. The van der Waals surface area contributed by atoms with Crippen LogP contribution in [0.3, 0.4) is 0 Å². The summed E-state index contributed by atoms with van der Waals surface area (Å²) in [6.45, 7) is 6.28. The molecule has 2 aromatic rings. The quantitative estimate of drug-likeness (QED) is 0.209. The van der Waals surface area contributed by atoms with Gasteiger partial charge in [-0.3, -0.25) is 4.99 Å². The average Bonchev–Trinajstić information content (AvgIpc) is 3.17. The highest BCUT2D eigenvalue weighted by atomic mass is 127. The lowest BCUT2D eigenvalue weighted by atomic mass is 10.1. The van der Waals surface area contributed by atoms with Gasteiger partial charge in [-0.1, -0.05) is 31.2 Å². The number of benzene rings is 1. The van der Waals surface area contributed by atoms with E-state index < -0.39 is 9.84 Å². The molecule has 28 heavy (non-hydrogen) atoms. The first-order valence-electron chi connectivity index (χ1n) is 9.33. The van der Waals surface area contributed by atoms with Gasteiger partial charge in [-0.25, -0.2) is 8.42 Å². The number of thiophene rings is 1. The van der Waals surface area contributed by atoms with E-state index in [0.29, 0.717) is 23.8 Å². The van der Waals surface area contributed by atoms with Crippen LogP contribution in [0, 0.1) is 5.92 Å². The SMILES string of the molecule is CCNC(=NCC(C)Cc1cccs1)NCCCS(=O)(=O)c1ccccc1.I. The Morgan fingerprint density at radius 3 is 2.54 bits per heavy atom. The van der Waals surface area contributed by atoms with Gasteiger partial charge in [0, 0.05) is 24.5 Å². The van der Waals surface area contributed by atoms with Gasteiger partial charge in [0.1, 0.15) is 0 Å². The molecule has 0 aliphatic heterocycles. The van der Waals surface area contributed by atoms with E-state index in [9.17, 15) is 8.42 Å². The summed E-state index contributed by atoms with van der Waals surface area (Å²) >= 11 is 1.78. The van der Waals surface area contributed by atoms with Crippen molar-refractivity contribution in [2.24, 2.45) is 10.9 Å². The molecule has 0 radical (unpaired) electrons. The third-order valence-corrected chi connectivity index (χ3v) is 6.73. The van der Waals surface area contributed by atoms with Crippen molar-refractivity contribution in [2.45, 2.75) is 31.6 Å². The lowest BCUT2D eigenvalue weighted by Gasteiger charge is -2.13. The van der Waals surface area contributed by atoms with Crippen LogP contribution in [0.1, 0.15) is 25.1 Å². The molecular formula is C20H30IN3O2S2. The fourth-order valence-corrected chi connectivity index (χ4v) is 4.84. The van der Waals surface area contributed by atoms with Crippen LogP contribution in [0.2, 0.25) is 0 Å². The Balaban J connectivity index is 0.00000392. The minimum absolute atomic E-state index is 0. The fourth-order valence-electron chi connectivity index (χ4n) is 2.64. The Hall–Kier alpha value is -1.13. The predicted molar refractivity (Wildman–Crippen MR) is 130 cm³/mol. The van der Waals surface area contributed by atoms with Crippen molar-refractivity contribution < 1.29 is 8.42 Å². The van der Waals surface area contributed by atoms with Crippen LogP contribution in [-0.2, 0) is 16.3 Å². The van der Waals surface area contributed by atoms with E-state index in [4.69, 9.17) is 0 Å². The van der Waals surface area contributed by atoms with Gasteiger partial charge in [0.2, 0.25) is 0 Å². The van der Waals surface area contributed by atoms with Gasteiger partial charge in [-0.2, -0.15) is 0 Å². The molecule has 1 aromatic carbocycles. The first kappa shape index (κ1) is 24.9. The standard InChI is InChI=1S/C20H29N3O2S2.HI/c1-3-21-20(23-16-17(2)15-18-9-7-13-26-18)22-12-8-14-27(24,25)19-10-5-4-6-11-19;/h4-7,9-11,13,17H,3,8,12,14-16H2,1-2H3,(H2,21,22,23);1H. The molecule has 0 aliphatic rings. The maximum Gasteiger partial charge on any atom is 0.191 e. The number of sulfone groups is 1. The second kappa shape index (κ2) is 13.2. The zero-order valence-electron chi connectivity index (χ0n) is 16.4. The molecule has 2 rings (SSSR count). The molecule has 5 nitrogen and oxygen atoms in total. The minimum Gasteiger partial charge on any atom is -0.357 e. The number of nitrogens with zero attached hydrogens (tertiary/aromatic N) is 1. The number of hydrogen-bond acceptors (Lipinski definition) is 4. The largest absolute Gasteiger partial charge is 0.357 e. The fraction of sp³-hybridized carbons (Fsp3) is 0.450. The highest BCUT2D eigenvalue weighted by molar-refractivity contribution is 14.0. The van der Waals surface area contributed by atoms with E-state index in [1.807, 2.05) is 13.0 Å². The van der Waals surface area contributed by atoms with Crippen molar-refractivity contribution in [2.75, 3.05) is 25.4 Å². The van der Waals surface area contributed by atoms with Crippen molar-refractivity contribution in [3.05, 3.63) is 52.7 Å². The van der Waals surface area contributed by atoms with E-state index in [1.165, 1.54) is 4.88 Å². The zero-order chi connectivity index (χ0) is 19.5. The van der Waals surface area contributed by atoms with Crippen LogP contribution in [0.5, 0.6) is 0 Å². The number of nitrogens with one attached hydrogen (secondary N) is 2. The summed E-state index contributed by atoms with van der Waals surface area (Å²) in [7, 11) is -3.22. The third kappa shape index (κ3) is 8.91. The zero-order valence-corrected chi connectivity index (χ0v) is 20.4. The second-order valence-corrected chi connectivity index (χ2v) is 9.66. The molecule has 0 spiro atoms. The molecule has 1 unspecified atom stereocenters. The van der Waals surface area contributed by atoms with Gasteiger partial charge < -0.3 is 10.6 Å². The molecular weight excluding hydrogens is 505 g/mol. The summed E-state index contributed by atoms with van der Waals surface area (Å²) in [6, 6.07) is 12.8. The van der Waals surface area contributed by atoms with E-state index in [1.54, 1.807) is 35.6 Å². The molecule has 0 aliphatic carbocycles. The summed E-state index contributed by atoms with van der Waals surface area (Å²) in [5.41, 5.74) is 0. The first-order chi connectivity index (χ1) is 13.0. The van der Waals surface area contributed by atoms with Crippen molar-refractivity contribution in [1.82, 2.24) is 10.6 Å². The summed E-state index contributed by atoms with van der Waals surface area (Å²) in [5, 5.41) is 8.55. The number of rotatable bonds is 10. The lowest BCUT2D eigenvalue weighted by molar-refractivity contribution is 0.590. The Labute approximate surface area is 190 Å². The summed E-state index contributed by atoms with van der Waals surface area (Å²) in [6.07, 6.45) is 1.56. The van der Waals surface area contributed by atoms with Gasteiger partial charge in [0.15, 0.2) is 15.8 Å². The molecule has 1 aromatic heterocycles. The molecule has 8 heteroatoms. The monoisotopic (exact) mass is 535 g/mol. The summed E-state index contributed by atoms with van der Waals surface area (Å²) < 4.78 is 24.6. The molecule has 0 saturated carbocycles. The Kier molecular flexibility index (Phi) is 11.7. The van der Waals surface area contributed by atoms with E-state index in [2.05, 4.69) is 40.1 Å². The maximum absolute atomic E-state index is 12.3. The maximum atomic E-state index is 12.3. The van der Waals surface area contributed by atoms with Crippen molar-refractivity contribution >= 4 is 51.1 Å². The Bertz CT molecular complexity index is 794. The van der Waals surface area contributed by atoms with Crippen molar-refractivity contribution in [3.63, 3.8) is 0 Å². The highest BCUT2D eigenvalue weighted by Gasteiger charge is 2.13. The van der Waals surface area contributed by atoms with Gasteiger partial charge in [0.25, 0.3) is 0 Å². The number of aliphatic imine (C=N–C) groups is 1. The van der Waals surface area contributed by atoms with Crippen LogP contribution in [0.4, 0.5) is 0 Å². The van der Waals surface area contributed by atoms with Gasteiger partial charge in [-0.05, 0) is 49.3 Å². The molecule has 1 heterocycles. The molecule has 156 valence electrons. The molecule has 0 amide bonds. The summed E-state index contributed by atoms with van der Waals surface area (Å²) in [5.74, 6) is 1.32. The van der Waals surface area contributed by atoms with E-state index in [-0.39, 0.29) is 29.7 Å². The van der Waals surface area contributed by atoms with Gasteiger partial charge >= 0.3 is 0 Å². The topological polar surface area (TPSA) is 70.6 Å². The van der Waals surface area contributed by atoms with Crippen molar-refractivity contribution in [1.29, 1.82) is 0 Å². The van der Waals surface area contributed by atoms with Gasteiger partial charge in [-0.15, -0.1) is 35.3 Å². The van der Waals surface area contributed by atoms with Crippen LogP contribution >= 0.6 is 35.3 Å². The summed E-state index contributed by atoms with van der Waals surface area (Å²) in [4.78, 5) is 6.39. The molecule has 0 saturated heterocycles. The number of guanidine groups is 1. The normalized spacial score (nSPS) is 12.9. The molecule has 0 bridgehead atoms. The predicted octanol–water partition coefficient (Wildman–Crippen LogP) is 3.96. The Morgan fingerprint density at radius 1 is 1.14 bits per heavy atom. The second-order valence-electron chi connectivity index (χ2n) is 6.52. The Morgan fingerprint density at radius 2 is 1.89 bits per heavy atom. The molecule has 1 atom stereocenters. The van der Waals surface area contributed by atoms with Crippen LogP contribution < -0.4 is 10.6 Å². The third-order valence-electron chi connectivity index (χ3n) is 4.02. The van der Waals surface area contributed by atoms with Gasteiger partial charge in [0.05, 0.1) is 10.6 Å². The first-order valence-corrected chi connectivity index (χ1v) is 11.9. The van der Waals surface area contributed by atoms with E-state index in [0.717, 1.165) is 25.5 Å².